The van der Waals surface area contributed by atoms with Crippen LogP contribution in [0, 0.1) is 12.3 Å². The largest absolute Gasteiger partial charge is 0.506 e. The van der Waals surface area contributed by atoms with Crippen LogP contribution in [0.3, 0.4) is 0 Å². The molecule has 2 aromatic carbocycles. The monoisotopic (exact) mass is 378 g/mol. The summed E-state index contributed by atoms with van der Waals surface area (Å²) < 4.78 is 5.25. The summed E-state index contributed by atoms with van der Waals surface area (Å²) in [5.41, 5.74) is 2.10. The number of fused-ring (bicyclic) bond motifs is 1. The molecule has 3 rings (SSSR count). The maximum Gasteiger partial charge on any atom is 0.192 e. The Morgan fingerprint density at radius 3 is 2.40 bits per heavy atom. The second-order valence-electron chi connectivity index (χ2n) is 6.60. The van der Waals surface area contributed by atoms with Crippen molar-refractivity contribution in [3.63, 3.8) is 0 Å². The number of phenols is 1. The SMILES string of the molecule is CC(C)(C)C=Nc1cc(Cl)ccc1O.Cc1nc2cc(Cl)ccc2o1. The van der Waals surface area contributed by atoms with Gasteiger partial charge in [-0.15, -0.1) is 0 Å². The highest BCUT2D eigenvalue weighted by Crippen LogP contribution is 2.29. The lowest BCUT2D eigenvalue weighted by Gasteiger charge is -2.10. The molecule has 4 nitrogen and oxygen atoms in total. The van der Waals surface area contributed by atoms with E-state index in [1.165, 1.54) is 6.07 Å². The van der Waals surface area contributed by atoms with E-state index in [1.54, 1.807) is 30.5 Å². The summed E-state index contributed by atoms with van der Waals surface area (Å²) in [5.74, 6) is 0.817. The van der Waals surface area contributed by atoms with Gasteiger partial charge in [-0.1, -0.05) is 44.0 Å². The molecule has 0 saturated carbocycles. The molecule has 0 saturated heterocycles. The van der Waals surface area contributed by atoms with Crippen LogP contribution in [0.4, 0.5) is 5.69 Å². The van der Waals surface area contributed by atoms with Crippen molar-refractivity contribution < 1.29 is 9.52 Å². The number of aromatic nitrogens is 1. The highest BCUT2D eigenvalue weighted by molar-refractivity contribution is 6.31. The minimum atomic E-state index is -0.00520. The maximum atomic E-state index is 9.46. The van der Waals surface area contributed by atoms with E-state index in [2.05, 4.69) is 9.98 Å². The van der Waals surface area contributed by atoms with Crippen LogP contribution in [0.5, 0.6) is 5.75 Å². The van der Waals surface area contributed by atoms with Gasteiger partial charge in [0, 0.05) is 23.2 Å². The number of phenolic OH excluding ortho intramolecular Hbond substituents is 1. The normalized spacial score (nSPS) is 11.6. The molecule has 1 aromatic heterocycles. The average Bonchev–Trinajstić information content (AvgIpc) is 2.87. The summed E-state index contributed by atoms with van der Waals surface area (Å²) in [5, 5.41) is 10.7. The Labute approximate surface area is 157 Å². The van der Waals surface area contributed by atoms with Gasteiger partial charge in [-0.3, -0.25) is 4.99 Å². The van der Waals surface area contributed by atoms with Gasteiger partial charge in [0.2, 0.25) is 0 Å². The minimum Gasteiger partial charge on any atom is -0.506 e. The van der Waals surface area contributed by atoms with E-state index in [4.69, 9.17) is 27.6 Å². The smallest absolute Gasteiger partial charge is 0.192 e. The van der Waals surface area contributed by atoms with Gasteiger partial charge in [-0.25, -0.2) is 4.98 Å². The van der Waals surface area contributed by atoms with E-state index in [9.17, 15) is 5.11 Å². The molecule has 1 heterocycles. The molecule has 0 aliphatic rings. The van der Waals surface area contributed by atoms with Crippen molar-refractivity contribution in [3.05, 3.63) is 52.3 Å². The first-order valence-electron chi connectivity index (χ1n) is 7.70. The van der Waals surface area contributed by atoms with E-state index in [0.29, 0.717) is 21.6 Å². The number of aromatic hydroxyl groups is 1. The third-order valence-corrected chi connectivity index (χ3v) is 3.46. The molecule has 0 spiro atoms. The Balaban J connectivity index is 0.000000185. The van der Waals surface area contributed by atoms with Gasteiger partial charge >= 0.3 is 0 Å². The van der Waals surface area contributed by atoms with E-state index in [1.807, 2.05) is 33.8 Å². The Morgan fingerprint density at radius 1 is 1.08 bits per heavy atom. The van der Waals surface area contributed by atoms with Crippen LogP contribution in [-0.4, -0.2) is 16.3 Å². The molecule has 0 amide bonds. The van der Waals surface area contributed by atoms with E-state index in [-0.39, 0.29) is 11.2 Å². The number of halogens is 2. The second-order valence-corrected chi connectivity index (χ2v) is 7.48. The molecule has 6 heteroatoms. The molecule has 0 fully saturated rings. The molecule has 0 atom stereocenters. The number of benzene rings is 2. The first-order chi connectivity index (χ1) is 11.6. The van der Waals surface area contributed by atoms with Gasteiger partial charge in [0.15, 0.2) is 11.5 Å². The zero-order valence-electron chi connectivity index (χ0n) is 14.5. The van der Waals surface area contributed by atoms with Crippen LogP contribution in [0.2, 0.25) is 10.0 Å². The Morgan fingerprint density at radius 2 is 1.72 bits per heavy atom. The summed E-state index contributed by atoms with van der Waals surface area (Å²) >= 11 is 11.5. The Bertz CT molecular complexity index is 896. The van der Waals surface area contributed by atoms with Crippen molar-refractivity contribution >= 4 is 46.2 Å². The molecule has 1 N–H and O–H groups in total. The molecule has 0 unspecified atom stereocenters. The number of aliphatic imine (C=N–C) groups is 1. The fourth-order valence-corrected chi connectivity index (χ4v) is 2.21. The van der Waals surface area contributed by atoms with Crippen molar-refractivity contribution in [2.75, 3.05) is 0 Å². The van der Waals surface area contributed by atoms with Crippen LogP contribution < -0.4 is 0 Å². The van der Waals surface area contributed by atoms with Crippen molar-refractivity contribution in [1.29, 1.82) is 0 Å². The van der Waals surface area contributed by atoms with E-state index < -0.39 is 0 Å². The zero-order chi connectivity index (χ0) is 18.6. The minimum absolute atomic E-state index is 0.00520. The topological polar surface area (TPSA) is 58.6 Å². The number of hydrogen-bond acceptors (Lipinski definition) is 4. The quantitative estimate of drug-likeness (QED) is 0.486. The first-order valence-corrected chi connectivity index (χ1v) is 8.46. The van der Waals surface area contributed by atoms with Crippen LogP contribution in [0.1, 0.15) is 26.7 Å². The molecule has 132 valence electrons. The van der Waals surface area contributed by atoms with Gasteiger partial charge in [-0.05, 0) is 41.8 Å². The summed E-state index contributed by atoms with van der Waals surface area (Å²) in [7, 11) is 0. The Hall–Kier alpha value is -2.04. The van der Waals surface area contributed by atoms with Crippen molar-refractivity contribution in [3.8, 4) is 5.75 Å². The predicted octanol–water partition coefficient (Wildman–Crippen LogP) is 6.58. The third-order valence-electron chi connectivity index (χ3n) is 2.98. The van der Waals surface area contributed by atoms with Gasteiger partial charge in [-0.2, -0.15) is 0 Å². The van der Waals surface area contributed by atoms with Gasteiger partial charge in [0.25, 0.3) is 0 Å². The van der Waals surface area contributed by atoms with Crippen LogP contribution in [0.25, 0.3) is 11.1 Å². The van der Waals surface area contributed by atoms with Crippen LogP contribution in [0.15, 0.2) is 45.8 Å². The number of oxazole rings is 1. The van der Waals surface area contributed by atoms with Crippen molar-refractivity contribution in [2.24, 2.45) is 10.4 Å². The third kappa shape index (κ3) is 6.07. The van der Waals surface area contributed by atoms with E-state index >= 15 is 0 Å². The molecular weight excluding hydrogens is 359 g/mol. The number of hydrogen-bond donors (Lipinski definition) is 1. The molecule has 0 radical (unpaired) electrons. The zero-order valence-corrected chi connectivity index (χ0v) is 16.1. The van der Waals surface area contributed by atoms with Crippen molar-refractivity contribution in [2.45, 2.75) is 27.7 Å². The molecular formula is C19H20Cl2N2O2. The standard InChI is InChI=1S/C11H14ClNO.C8H6ClNO/c1-11(2,3)7-13-9-6-8(12)4-5-10(9)14;1-5-10-7-4-6(9)2-3-8(7)11-5/h4-7,14H,1-3H3;2-4H,1H3. The molecule has 0 bridgehead atoms. The molecule has 0 aliphatic carbocycles. The average molecular weight is 379 g/mol. The molecule has 25 heavy (non-hydrogen) atoms. The highest BCUT2D eigenvalue weighted by atomic mass is 35.5. The lowest BCUT2D eigenvalue weighted by molar-refractivity contribution is 0.477. The van der Waals surface area contributed by atoms with Gasteiger partial charge in [0.05, 0.1) is 0 Å². The fraction of sp³-hybridized carbons (Fsp3) is 0.263. The number of rotatable bonds is 1. The van der Waals surface area contributed by atoms with Crippen molar-refractivity contribution in [1.82, 2.24) is 4.98 Å². The summed E-state index contributed by atoms with van der Waals surface area (Å²) in [6.45, 7) is 7.93. The second kappa shape index (κ2) is 7.89. The van der Waals surface area contributed by atoms with E-state index in [0.717, 1.165) is 11.1 Å². The van der Waals surface area contributed by atoms with Crippen LogP contribution in [-0.2, 0) is 0 Å². The predicted molar refractivity (Wildman–Crippen MR) is 104 cm³/mol. The Kier molecular flexibility index (Phi) is 6.09. The first kappa shape index (κ1) is 19.3. The maximum absolute atomic E-state index is 9.46. The number of nitrogens with zero attached hydrogens (tertiary/aromatic N) is 2. The highest BCUT2D eigenvalue weighted by Gasteiger charge is 2.06. The number of aryl methyl sites for hydroxylation is 1. The molecule has 0 aliphatic heterocycles. The lowest BCUT2D eigenvalue weighted by atomic mass is 9.99. The van der Waals surface area contributed by atoms with Crippen LogP contribution >= 0.6 is 23.2 Å². The summed E-state index contributed by atoms with van der Waals surface area (Å²) in [6, 6.07) is 10.2. The summed E-state index contributed by atoms with van der Waals surface area (Å²) in [4.78, 5) is 8.30. The lowest BCUT2D eigenvalue weighted by Crippen LogP contribution is -2.05. The fourth-order valence-electron chi connectivity index (χ4n) is 1.88. The van der Waals surface area contributed by atoms with Gasteiger partial charge < -0.3 is 9.52 Å². The summed E-state index contributed by atoms with van der Waals surface area (Å²) in [6.07, 6.45) is 1.79. The molecule has 3 aromatic rings. The van der Waals surface area contributed by atoms with Gasteiger partial charge in [0.1, 0.15) is 17.0 Å².